The number of aliphatic hydroxyl groups is 3. The first kappa shape index (κ1) is 88.6. The van der Waals surface area contributed by atoms with Gasteiger partial charge in [0.2, 0.25) is 41.4 Å². The fourth-order valence-electron chi connectivity index (χ4n) is 17.3. The smallest absolute Gasteiger partial charge is 0.268 e. The van der Waals surface area contributed by atoms with Crippen molar-refractivity contribution in [1.82, 2.24) is 34.4 Å². The molecule has 4 aromatic rings. The number of carbonyl (C=O) groups excluding carboxylic acids is 7. The van der Waals surface area contributed by atoms with E-state index in [-0.39, 0.29) is 93.2 Å². The molecule has 1 aromatic carbocycles. The molecule has 1 radical (unpaired) electrons. The first-order chi connectivity index (χ1) is 52.2. The van der Waals surface area contributed by atoms with E-state index in [1.807, 2.05) is 27.7 Å². The number of phosphoric ester groups is 2. The standard InChI is InChI=1S/C61H89N13O18P2.C10H12N5O3.Co/c1-29(91-94(86,87)92-52-40(27-89-93(83,84)85)90-56(51(52)82)74-28-69-38-21-32(88-10)11-15-39(38)74)26-68-48(81)19-20-58(6)36(22-45(65)78)55-61(9)60(8,25-47(67)80)35(14-18-44(64)77)50(73-61)31(3)54-59(7,24-46(66)79)33(12-16-42(62)75)37(70-54)23-41-57(4,5)34(13-17-43(63)76)49(71-41)30(2)53(58)72-55;1-4-6(16)7(17)10(18-4)15-3-14-5-8(11)12-2-13-9(5)15;/h11,15,21,23,28-29,33-36,40,51-52,55-56,82H,12-14,16-20,22,24-27H2,1-10H3,(H17,62,63,64,65,66,67,68,70,71,72,73,75,76,77,78,79,80,81,83,84,85,86,87);2-4,6-7,10,16-17H,1H2,(H2,11,12,13);/q;-1;/p-4/t29-,33-,34-,35-,36+,40-,51-,52-,55-,56+,58-,59+,60+,61+;4-,6-,7-,10-;/m11./s1. The third-order valence-electron chi connectivity index (χ3n) is 23.3. The number of benzene rings is 1. The number of phosphoric acid groups is 2. The minimum absolute atomic E-state index is 0. The molecule has 19 atom stereocenters. The van der Waals surface area contributed by atoms with Gasteiger partial charge in [0.05, 0.1) is 68.7 Å². The van der Waals surface area contributed by atoms with E-state index in [9.17, 15) is 72.7 Å². The Morgan fingerprint density at radius 3 is 1.96 bits per heavy atom. The summed E-state index contributed by atoms with van der Waals surface area (Å²) in [6, 6.07) is 3.64. The summed E-state index contributed by atoms with van der Waals surface area (Å²) in [4.78, 5) is 163. The van der Waals surface area contributed by atoms with Crippen LogP contribution in [0.1, 0.15) is 145 Å². The van der Waals surface area contributed by atoms with Crippen molar-refractivity contribution < 1.29 is 117 Å². The van der Waals surface area contributed by atoms with E-state index in [1.54, 1.807) is 52.0 Å². The number of nitrogens with two attached hydrogens (primary N) is 7. The molecular formula is C71H97CoN18O21P2-5. The van der Waals surface area contributed by atoms with Crippen molar-refractivity contribution in [3.63, 3.8) is 0 Å². The molecule has 3 fully saturated rings. The van der Waals surface area contributed by atoms with Gasteiger partial charge in [-0.3, -0.25) is 57.7 Å². The molecule has 1 unspecified atom stereocenters. The maximum Gasteiger partial charge on any atom is 0.268 e. The first-order valence-electron chi connectivity index (χ1n) is 36.3. The number of anilines is 1. The number of hydrogen-bond acceptors (Lipinski definition) is 29. The predicted molar refractivity (Wildman–Crippen MR) is 396 cm³/mol. The molecule has 0 saturated carbocycles. The minimum atomic E-state index is -5.67. The number of nitrogens with zero attached hydrogens (tertiary/aromatic N) is 10. The Morgan fingerprint density at radius 1 is 0.743 bits per heavy atom. The topological polar surface area (TPSA) is 646 Å². The van der Waals surface area contributed by atoms with Crippen molar-refractivity contribution in [3.8, 4) is 5.75 Å². The zero-order valence-electron chi connectivity index (χ0n) is 64.0. The monoisotopic (exact) mass is 1660 g/mol. The second-order valence-corrected chi connectivity index (χ2v) is 33.6. The van der Waals surface area contributed by atoms with E-state index in [0.29, 0.717) is 73.3 Å². The Hall–Kier alpha value is -8.31. The van der Waals surface area contributed by atoms with Gasteiger partial charge in [-0.25, -0.2) is 19.9 Å². The van der Waals surface area contributed by atoms with Crippen molar-refractivity contribution in [2.45, 2.75) is 200 Å². The summed E-state index contributed by atoms with van der Waals surface area (Å²) in [6.45, 7) is 18.0. The number of carbonyl (C=O) groups is 7. The Kier molecular flexibility index (Phi) is 26.6. The summed E-state index contributed by atoms with van der Waals surface area (Å²) >= 11 is 0. The van der Waals surface area contributed by atoms with E-state index in [1.165, 1.54) is 42.1 Å². The number of hydrogen-bond donors (Lipinski definition) is 11. The number of amides is 7. The molecule has 7 aliphatic rings. The van der Waals surface area contributed by atoms with Crippen LogP contribution in [0, 0.1) is 52.3 Å². The summed E-state index contributed by atoms with van der Waals surface area (Å²) in [5.41, 5.74) is 40.3. The van der Waals surface area contributed by atoms with Crippen molar-refractivity contribution in [3.05, 3.63) is 83.7 Å². The molecule has 18 N–H and O–H groups in total. The molecule has 42 heteroatoms. The minimum Gasteiger partial charge on any atom is -0.790 e. The molecule has 39 nitrogen and oxygen atoms in total. The number of nitrogen functional groups attached to an aromatic ring is 1. The number of allylic oxidation sites excluding steroid dienone is 6. The van der Waals surface area contributed by atoms with Crippen LogP contribution in [0.4, 0.5) is 5.82 Å². The third-order valence-corrected chi connectivity index (χ3v) is 24.9. The number of methoxy groups -OCH3 is 1. The number of nitrogens with one attached hydrogen (secondary N) is 1. The Labute approximate surface area is 660 Å². The molecular weight excluding hydrogens is 1560 g/mol. The predicted octanol–water partition coefficient (Wildman–Crippen LogP) is 0.419. The number of ether oxygens (including phenoxy) is 3. The van der Waals surface area contributed by atoms with Crippen LogP contribution in [0.15, 0.2) is 86.5 Å². The average molecular weight is 1660 g/mol. The van der Waals surface area contributed by atoms with Crippen molar-refractivity contribution in [1.29, 1.82) is 0 Å². The van der Waals surface area contributed by atoms with Crippen LogP contribution in [0.5, 0.6) is 5.75 Å². The van der Waals surface area contributed by atoms with E-state index < -0.39 is 182 Å². The quantitative estimate of drug-likeness (QED) is 0.0249. The largest absolute Gasteiger partial charge is 0.790 e. The fourth-order valence-corrected chi connectivity index (χ4v) is 18.8. The van der Waals surface area contributed by atoms with Gasteiger partial charge in [0, 0.05) is 131 Å². The molecule has 7 aliphatic heterocycles. The van der Waals surface area contributed by atoms with Crippen LogP contribution in [0.3, 0.4) is 0 Å². The molecule has 7 amide bonds. The molecule has 3 aromatic heterocycles. The molecule has 8 bridgehead atoms. The second kappa shape index (κ2) is 33.9. The van der Waals surface area contributed by atoms with E-state index in [4.69, 9.17) is 83.7 Å². The van der Waals surface area contributed by atoms with Gasteiger partial charge in [-0.1, -0.05) is 40.7 Å². The number of rotatable bonds is 30. The van der Waals surface area contributed by atoms with Crippen LogP contribution in [-0.2, 0) is 82.5 Å². The van der Waals surface area contributed by atoms with Gasteiger partial charge in [0.1, 0.15) is 42.0 Å². The number of aromatic nitrogens is 6. The van der Waals surface area contributed by atoms with Crippen LogP contribution < -0.4 is 64.9 Å². The van der Waals surface area contributed by atoms with Crippen LogP contribution >= 0.6 is 15.6 Å². The number of aliphatic imine (C=N–C) groups is 3. The van der Waals surface area contributed by atoms with Gasteiger partial charge in [0.25, 0.3) is 7.82 Å². The SMILES string of the molecule is COc1ccc2c(c1)ncn2[C@H]1O[C@H](COP(=O)([O-])[O-])[C@@H](OP(=O)([O-])O[C@H](C)CNC(=O)CC[C@@]2(C)/C3=C(\C)C4=N/C(=C\C5=NC(=C(/C)C6=N[C@@](C)([C@H]([N-]3)[C@@H]2CC(N)=O)[C@@](C)(CC(N)=O)[C@@H]6CCC(N)=O)/[C@@](C)(CC(N)=O)[C@@H]5CCC(N)=O)C(C)(C)[C@@H]4CCC(N)=O)[C@H]1O.[CH2-][C@H]1O[C@@H](n2cnc3c(N)ncnc32)[C@H](O)[C@@H]1O.[Co]. The van der Waals surface area contributed by atoms with E-state index in [0.717, 1.165) is 0 Å². The Morgan fingerprint density at radius 2 is 1.36 bits per heavy atom. The molecule has 0 spiro atoms. The van der Waals surface area contributed by atoms with Crippen molar-refractivity contribution in [2.75, 3.05) is 26.0 Å². The Balaban J connectivity index is 0.000000669. The summed E-state index contributed by atoms with van der Waals surface area (Å²) in [7, 11) is -9.78. The number of primary amides is 6. The first-order valence-corrected chi connectivity index (χ1v) is 39.2. The maximum atomic E-state index is 14.4. The summed E-state index contributed by atoms with van der Waals surface area (Å²) in [5.74, 6) is -7.08. The fraction of sp³-hybridized carbons (Fsp3) is 0.592. The molecule has 3 saturated heterocycles. The van der Waals surface area contributed by atoms with E-state index >= 15 is 0 Å². The number of fused-ring (bicyclic) bond motifs is 8. The summed E-state index contributed by atoms with van der Waals surface area (Å²) < 4.78 is 59.8. The van der Waals surface area contributed by atoms with Crippen molar-refractivity contribution in [2.24, 2.45) is 94.7 Å². The van der Waals surface area contributed by atoms with Crippen LogP contribution in [0.25, 0.3) is 27.5 Å². The zero-order chi connectivity index (χ0) is 82.6. The molecule has 10 heterocycles. The molecule has 113 heavy (non-hydrogen) atoms. The normalized spacial score (nSPS) is 32.9. The van der Waals surface area contributed by atoms with Crippen molar-refractivity contribution >= 4 is 102 Å². The summed E-state index contributed by atoms with van der Waals surface area (Å²) in [5, 5.41) is 39.4. The average Bonchev–Trinajstić information content (AvgIpc) is 1.53. The van der Waals surface area contributed by atoms with E-state index in [2.05, 4.69) is 36.7 Å². The van der Waals surface area contributed by atoms with Gasteiger partial charge in [0.15, 0.2) is 23.9 Å². The molecule has 621 valence electrons. The maximum absolute atomic E-state index is 14.4. The van der Waals surface area contributed by atoms with Crippen LogP contribution in [0.2, 0.25) is 0 Å². The second-order valence-electron chi connectivity index (χ2n) is 31.1. The summed E-state index contributed by atoms with van der Waals surface area (Å²) in [6.07, 6.45) is -7.64. The van der Waals surface area contributed by atoms with Gasteiger partial charge in [-0.2, -0.15) is 5.70 Å². The number of imidazole rings is 2. The van der Waals surface area contributed by atoms with Gasteiger partial charge in [-0.15, -0.1) is 0 Å². The number of aliphatic hydroxyl groups excluding tert-OH is 3. The van der Waals surface area contributed by atoms with Gasteiger partial charge in [-0.05, 0) is 100 Å². The molecule has 0 aliphatic carbocycles. The third kappa shape index (κ3) is 17.9. The Bertz CT molecular complexity index is 4700. The zero-order valence-corrected chi connectivity index (χ0v) is 66.8. The van der Waals surface area contributed by atoms with Gasteiger partial charge >= 0.3 is 0 Å². The molecule has 11 rings (SSSR count). The van der Waals surface area contributed by atoms with Crippen LogP contribution in [-0.4, -0.2) is 177 Å². The van der Waals surface area contributed by atoms with Gasteiger partial charge < -0.3 is 125 Å².